The number of ether oxygens (including phenoxy) is 1. The summed E-state index contributed by atoms with van der Waals surface area (Å²) < 4.78 is 5.46. The van der Waals surface area contributed by atoms with Crippen LogP contribution in [0.2, 0.25) is 0 Å². The van der Waals surface area contributed by atoms with Crippen molar-refractivity contribution in [1.82, 2.24) is 15.2 Å². The zero-order chi connectivity index (χ0) is 17.1. The molecular weight excluding hydrogens is 314 g/mol. The lowest BCUT2D eigenvalue weighted by atomic mass is 10.0. The molecule has 1 amide bonds. The van der Waals surface area contributed by atoms with Crippen molar-refractivity contribution < 1.29 is 9.53 Å². The van der Waals surface area contributed by atoms with Crippen molar-refractivity contribution in [2.45, 2.75) is 25.3 Å². The first-order chi connectivity index (χ1) is 12.3. The molecule has 0 spiro atoms. The third kappa shape index (κ3) is 3.99. The molecule has 1 aromatic heterocycles. The number of pyridine rings is 1. The fraction of sp³-hybridized carbons (Fsp3) is 0.500. The molecule has 1 unspecified atom stereocenters. The predicted octanol–water partition coefficient (Wildman–Crippen LogP) is 2.47. The molecule has 1 N–H and O–H groups in total. The second-order valence-electron chi connectivity index (χ2n) is 7.17. The molecular formula is C20H25N3O2. The average molecular weight is 339 g/mol. The summed E-state index contributed by atoms with van der Waals surface area (Å²) in [5.74, 6) is 0.626. The molecule has 5 heteroatoms. The topological polar surface area (TPSA) is 54.5 Å². The van der Waals surface area contributed by atoms with Gasteiger partial charge in [0, 0.05) is 37.7 Å². The highest BCUT2D eigenvalue weighted by atomic mass is 16.5. The van der Waals surface area contributed by atoms with Crippen molar-refractivity contribution in [1.29, 1.82) is 0 Å². The number of likely N-dealkylation sites (tertiary alicyclic amines) is 1. The van der Waals surface area contributed by atoms with Gasteiger partial charge in [-0.3, -0.25) is 4.79 Å². The second-order valence-corrected chi connectivity index (χ2v) is 7.17. The van der Waals surface area contributed by atoms with E-state index >= 15 is 0 Å². The lowest BCUT2D eigenvalue weighted by Gasteiger charge is -2.33. The first-order valence-electron chi connectivity index (χ1n) is 9.25. The van der Waals surface area contributed by atoms with Gasteiger partial charge < -0.3 is 15.0 Å². The number of hydrogen-bond donors (Lipinski definition) is 1. The molecule has 0 saturated carbocycles. The third-order valence-corrected chi connectivity index (χ3v) is 5.29. The number of hydrogen-bond acceptors (Lipinski definition) is 4. The van der Waals surface area contributed by atoms with E-state index < -0.39 is 0 Å². The molecule has 2 aliphatic rings. The van der Waals surface area contributed by atoms with E-state index in [1.807, 2.05) is 36.4 Å². The van der Waals surface area contributed by atoms with Crippen molar-refractivity contribution in [3.05, 3.63) is 42.1 Å². The summed E-state index contributed by atoms with van der Waals surface area (Å²) >= 11 is 0. The van der Waals surface area contributed by atoms with Gasteiger partial charge in [0.1, 0.15) is 5.69 Å². The van der Waals surface area contributed by atoms with Crippen molar-refractivity contribution in [2.24, 2.45) is 5.92 Å². The Kier molecular flexibility index (Phi) is 4.95. The summed E-state index contributed by atoms with van der Waals surface area (Å²) in [6.45, 7) is 5.05. The first kappa shape index (κ1) is 16.5. The van der Waals surface area contributed by atoms with E-state index in [2.05, 4.69) is 15.2 Å². The average Bonchev–Trinajstić information content (AvgIpc) is 3.16. The van der Waals surface area contributed by atoms with Crippen LogP contribution in [0.5, 0.6) is 0 Å². The molecule has 2 aromatic rings. The smallest absolute Gasteiger partial charge is 0.270 e. The van der Waals surface area contributed by atoms with E-state index in [-0.39, 0.29) is 11.9 Å². The van der Waals surface area contributed by atoms with Crippen molar-refractivity contribution in [2.75, 3.05) is 32.8 Å². The Morgan fingerprint density at radius 2 is 2.00 bits per heavy atom. The lowest BCUT2D eigenvalue weighted by molar-refractivity contribution is 0.0898. The van der Waals surface area contributed by atoms with Crippen LogP contribution in [0.3, 0.4) is 0 Å². The SMILES string of the molecule is O=C(NC1CCN(CC2CCOC2)CC1)c1ccc2ccccc2n1. The van der Waals surface area contributed by atoms with Crippen molar-refractivity contribution >= 4 is 16.8 Å². The van der Waals surface area contributed by atoms with Crippen molar-refractivity contribution in [3.8, 4) is 0 Å². The highest BCUT2D eigenvalue weighted by Crippen LogP contribution is 2.18. The van der Waals surface area contributed by atoms with Gasteiger partial charge in [0.2, 0.25) is 0 Å². The number of fused-ring (bicyclic) bond motifs is 1. The highest BCUT2D eigenvalue weighted by molar-refractivity contribution is 5.95. The zero-order valence-corrected chi connectivity index (χ0v) is 14.5. The molecule has 25 heavy (non-hydrogen) atoms. The largest absolute Gasteiger partial charge is 0.381 e. The van der Waals surface area contributed by atoms with Crippen molar-refractivity contribution in [3.63, 3.8) is 0 Å². The van der Waals surface area contributed by atoms with Crippen LogP contribution in [0.25, 0.3) is 10.9 Å². The zero-order valence-electron chi connectivity index (χ0n) is 14.5. The van der Waals surface area contributed by atoms with E-state index in [0.29, 0.717) is 11.6 Å². The Balaban J connectivity index is 1.30. The summed E-state index contributed by atoms with van der Waals surface area (Å²) in [7, 11) is 0. The van der Waals surface area contributed by atoms with E-state index in [9.17, 15) is 4.79 Å². The molecule has 5 nitrogen and oxygen atoms in total. The Labute approximate surface area is 148 Å². The number of rotatable bonds is 4. The molecule has 2 aliphatic heterocycles. The van der Waals surface area contributed by atoms with Gasteiger partial charge in [-0.25, -0.2) is 4.98 Å². The van der Waals surface area contributed by atoms with Gasteiger partial charge in [-0.05, 0) is 37.3 Å². The van der Waals surface area contributed by atoms with Crippen LogP contribution in [0.1, 0.15) is 29.8 Å². The number of benzene rings is 1. The maximum atomic E-state index is 12.5. The number of aromatic nitrogens is 1. The van der Waals surface area contributed by atoms with Crippen LogP contribution >= 0.6 is 0 Å². The second kappa shape index (κ2) is 7.50. The number of piperidine rings is 1. The van der Waals surface area contributed by atoms with Gasteiger partial charge in [0.15, 0.2) is 0 Å². The number of carbonyl (C=O) groups is 1. The number of carbonyl (C=O) groups excluding carboxylic acids is 1. The number of nitrogens with zero attached hydrogens (tertiary/aromatic N) is 2. The minimum Gasteiger partial charge on any atom is -0.381 e. The summed E-state index contributed by atoms with van der Waals surface area (Å²) in [4.78, 5) is 19.5. The normalized spacial score (nSPS) is 22.3. The fourth-order valence-electron chi connectivity index (χ4n) is 3.80. The summed E-state index contributed by atoms with van der Waals surface area (Å²) in [6.07, 6.45) is 3.20. The minimum atomic E-state index is -0.0617. The molecule has 2 saturated heterocycles. The van der Waals surface area contributed by atoms with E-state index in [4.69, 9.17) is 4.74 Å². The first-order valence-corrected chi connectivity index (χ1v) is 9.25. The fourth-order valence-corrected chi connectivity index (χ4v) is 3.80. The highest BCUT2D eigenvalue weighted by Gasteiger charge is 2.25. The molecule has 2 fully saturated rings. The van der Waals surface area contributed by atoms with E-state index in [1.54, 1.807) is 0 Å². The lowest BCUT2D eigenvalue weighted by Crippen LogP contribution is -2.46. The Morgan fingerprint density at radius 3 is 2.80 bits per heavy atom. The molecule has 0 radical (unpaired) electrons. The monoisotopic (exact) mass is 339 g/mol. The van der Waals surface area contributed by atoms with Gasteiger partial charge in [0.05, 0.1) is 12.1 Å². The van der Waals surface area contributed by atoms with Gasteiger partial charge in [-0.15, -0.1) is 0 Å². The van der Waals surface area contributed by atoms with E-state index in [0.717, 1.165) is 56.6 Å². The van der Waals surface area contributed by atoms with E-state index in [1.165, 1.54) is 6.42 Å². The third-order valence-electron chi connectivity index (χ3n) is 5.29. The Bertz CT molecular complexity index is 735. The summed E-state index contributed by atoms with van der Waals surface area (Å²) in [5.41, 5.74) is 1.37. The number of amides is 1. The number of nitrogens with one attached hydrogen (secondary N) is 1. The van der Waals surface area contributed by atoms with Crippen LogP contribution in [0, 0.1) is 5.92 Å². The van der Waals surface area contributed by atoms with Crippen LogP contribution in [0.4, 0.5) is 0 Å². The maximum Gasteiger partial charge on any atom is 0.270 e. The molecule has 0 aliphatic carbocycles. The molecule has 1 atom stereocenters. The molecule has 3 heterocycles. The van der Waals surface area contributed by atoms with Crippen LogP contribution in [-0.4, -0.2) is 54.7 Å². The van der Waals surface area contributed by atoms with Gasteiger partial charge >= 0.3 is 0 Å². The number of para-hydroxylation sites is 1. The molecule has 4 rings (SSSR count). The summed E-state index contributed by atoms with van der Waals surface area (Å²) in [6, 6.07) is 11.9. The van der Waals surface area contributed by atoms with Gasteiger partial charge in [0.25, 0.3) is 5.91 Å². The van der Waals surface area contributed by atoms with Crippen LogP contribution in [0.15, 0.2) is 36.4 Å². The molecule has 132 valence electrons. The Morgan fingerprint density at radius 1 is 1.16 bits per heavy atom. The van der Waals surface area contributed by atoms with Crippen LogP contribution < -0.4 is 5.32 Å². The summed E-state index contributed by atoms with van der Waals surface area (Å²) in [5, 5.41) is 4.22. The molecule has 0 bridgehead atoms. The molecule has 1 aromatic carbocycles. The van der Waals surface area contributed by atoms with Crippen LogP contribution in [-0.2, 0) is 4.74 Å². The quantitative estimate of drug-likeness (QED) is 0.930. The Hall–Kier alpha value is -1.98. The van der Waals surface area contributed by atoms with Gasteiger partial charge in [-0.2, -0.15) is 0 Å². The maximum absolute atomic E-state index is 12.5. The predicted molar refractivity (Wildman–Crippen MR) is 97.6 cm³/mol. The van der Waals surface area contributed by atoms with Gasteiger partial charge in [-0.1, -0.05) is 24.3 Å². The minimum absolute atomic E-state index is 0.0617. The standard InChI is InChI=1S/C20H25N3O2/c24-20(19-6-5-16-3-1-2-4-18(16)22-19)21-17-7-10-23(11-8-17)13-15-9-12-25-14-15/h1-6,15,17H,7-14H2,(H,21,24).